The quantitative estimate of drug-likeness (QED) is 0.792. The second-order valence-electron chi connectivity index (χ2n) is 8.80. The molecule has 6 heteroatoms. The highest BCUT2D eigenvalue weighted by molar-refractivity contribution is 5.81. The van der Waals surface area contributed by atoms with Gasteiger partial charge in [-0.15, -0.1) is 0 Å². The van der Waals surface area contributed by atoms with Crippen LogP contribution < -0.4 is 10.2 Å². The topological polar surface area (TPSA) is 44.8 Å². The number of para-hydroxylation sites is 1. The van der Waals surface area contributed by atoms with Crippen LogP contribution in [0.2, 0.25) is 0 Å². The van der Waals surface area contributed by atoms with Crippen LogP contribution in [0.5, 0.6) is 0 Å². The summed E-state index contributed by atoms with van der Waals surface area (Å²) in [5.41, 5.74) is 0.732. The molecule has 0 spiro atoms. The highest BCUT2D eigenvalue weighted by atomic mass is 19.1. The van der Waals surface area contributed by atoms with E-state index in [0.29, 0.717) is 6.04 Å². The molecular weight excluding hydrogens is 369 g/mol. The minimum atomic E-state index is -0.212. The summed E-state index contributed by atoms with van der Waals surface area (Å²) in [5, 5.41) is 3.20. The van der Waals surface area contributed by atoms with Crippen LogP contribution in [0.4, 0.5) is 10.1 Å². The maximum atomic E-state index is 14.0. The van der Waals surface area contributed by atoms with E-state index in [9.17, 15) is 9.18 Å². The first-order chi connectivity index (χ1) is 14.2. The fraction of sp³-hybridized carbons (Fsp3) is 0.696. The number of hydrogen-bond donors (Lipinski definition) is 1. The Morgan fingerprint density at radius 1 is 1.07 bits per heavy atom. The number of benzene rings is 1. The van der Waals surface area contributed by atoms with Crippen molar-refractivity contribution >= 4 is 11.6 Å². The maximum absolute atomic E-state index is 14.0. The highest BCUT2D eigenvalue weighted by Crippen LogP contribution is 2.28. The largest absolute Gasteiger partial charge is 0.368 e. The minimum absolute atomic E-state index is 0.0960. The monoisotopic (exact) mass is 403 g/mol. The number of piperazine rings is 1. The predicted molar refractivity (Wildman–Crippen MR) is 113 cm³/mol. The number of carbonyl (C=O) groups excluding carboxylic acids is 1. The molecule has 1 N–H and O–H groups in total. The lowest BCUT2D eigenvalue weighted by atomic mass is 9.84. The Hall–Kier alpha value is -1.66. The molecule has 5 nitrogen and oxygen atoms in total. The molecule has 1 unspecified atom stereocenters. The molecule has 29 heavy (non-hydrogen) atoms. The molecule has 1 aliphatic carbocycles. The van der Waals surface area contributed by atoms with Gasteiger partial charge < -0.3 is 15.0 Å². The Labute approximate surface area is 173 Å². The Bertz CT molecular complexity index is 664. The van der Waals surface area contributed by atoms with Crippen LogP contribution in [-0.2, 0) is 9.53 Å². The van der Waals surface area contributed by atoms with Crippen LogP contribution in [0.15, 0.2) is 24.3 Å². The zero-order valence-electron chi connectivity index (χ0n) is 17.3. The SMILES string of the molecule is O=C(N[C@H]1CC[C@H](CCN2CCN(c3ccccc3F)CC2)CC1)C1CCCO1. The standard InChI is InChI=1S/C23H34FN3O2/c24-20-4-1-2-5-21(20)27-15-13-26(14-16-27)12-11-18-7-9-19(10-8-18)25-23(28)22-6-3-17-29-22/h1-2,4-5,18-19,22H,3,6-17H2,(H,25,28)/t18-,19-,22?. The molecule has 2 aliphatic heterocycles. The Morgan fingerprint density at radius 2 is 1.83 bits per heavy atom. The van der Waals surface area contributed by atoms with E-state index >= 15 is 0 Å². The average molecular weight is 404 g/mol. The van der Waals surface area contributed by atoms with Crippen LogP contribution >= 0.6 is 0 Å². The number of carbonyl (C=O) groups is 1. The normalized spacial score (nSPS) is 28.4. The molecular formula is C23H34FN3O2. The van der Waals surface area contributed by atoms with Crippen LogP contribution in [0.3, 0.4) is 0 Å². The Kier molecular flexibility index (Phi) is 7.03. The number of rotatable bonds is 6. The van der Waals surface area contributed by atoms with Gasteiger partial charge >= 0.3 is 0 Å². The predicted octanol–water partition coefficient (Wildman–Crippen LogP) is 3.19. The van der Waals surface area contributed by atoms with Crippen molar-refractivity contribution in [3.8, 4) is 0 Å². The summed E-state index contributed by atoms with van der Waals surface area (Å²) in [6, 6.07) is 7.40. The molecule has 2 saturated heterocycles. The van der Waals surface area contributed by atoms with Gasteiger partial charge in [0.25, 0.3) is 0 Å². The summed E-state index contributed by atoms with van der Waals surface area (Å²) in [4.78, 5) is 16.9. The zero-order chi connectivity index (χ0) is 20.1. The summed E-state index contributed by atoms with van der Waals surface area (Å²) in [5.74, 6) is 0.735. The van der Waals surface area contributed by atoms with Gasteiger partial charge in [-0.3, -0.25) is 9.69 Å². The summed E-state index contributed by atoms with van der Waals surface area (Å²) in [6.45, 7) is 5.64. The number of hydrogen-bond acceptors (Lipinski definition) is 4. The fourth-order valence-corrected chi connectivity index (χ4v) is 4.96. The van der Waals surface area contributed by atoms with Gasteiger partial charge in [0.1, 0.15) is 11.9 Å². The number of ether oxygens (including phenoxy) is 1. The minimum Gasteiger partial charge on any atom is -0.368 e. The number of nitrogens with zero attached hydrogens (tertiary/aromatic N) is 2. The van der Waals surface area contributed by atoms with Gasteiger partial charge in [0.15, 0.2) is 0 Å². The third kappa shape index (κ3) is 5.48. The summed E-state index contributed by atoms with van der Waals surface area (Å²) in [6.07, 6.45) is 7.46. The van der Waals surface area contributed by atoms with Crippen molar-refractivity contribution in [2.24, 2.45) is 5.92 Å². The van der Waals surface area contributed by atoms with Gasteiger partial charge in [-0.25, -0.2) is 4.39 Å². The van der Waals surface area contributed by atoms with Crippen LogP contribution in [0.25, 0.3) is 0 Å². The highest BCUT2D eigenvalue weighted by Gasteiger charge is 2.28. The lowest BCUT2D eigenvalue weighted by Crippen LogP contribution is -2.47. The zero-order valence-corrected chi connectivity index (χ0v) is 17.3. The van der Waals surface area contributed by atoms with Crippen molar-refractivity contribution in [2.75, 3.05) is 44.2 Å². The van der Waals surface area contributed by atoms with E-state index in [0.717, 1.165) is 76.6 Å². The van der Waals surface area contributed by atoms with Crippen molar-refractivity contribution in [3.63, 3.8) is 0 Å². The first-order valence-electron chi connectivity index (χ1n) is 11.3. The number of anilines is 1. The second kappa shape index (κ2) is 9.90. The lowest BCUT2D eigenvalue weighted by Gasteiger charge is -2.37. The van der Waals surface area contributed by atoms with E-state index in [4.69, 9.17) is 4.74 Å². The molecule has 1 amide bonds. The van der Waals surface area contributed by atoms with Crippen LogP contribution in [-0.4, -0.2) is 62.3 Å². The number of amides is 1. The lowest BCUT2D eigenvalue weighted by molar-refractivity contribution is -0.131. The van der Waals surface area contributed by atoms with Gasteiger partial charge in [0, 0.05) is 38.8 Å². The van der Waals surface area contributed by atoms with E-state index in [2.05, 4.69) is 15.1 Å². The van der Waals surface area contributed by atoms with Crippen molar-refractivity contribution in [3.05, 3.63) is 30.1 Å². The van der Waals surface area contributed by atoms with E-state index < -0.39 is 0 Å². The number of nitrogens with one attached hydrogen (secondary N) is 1. The molecule has 1 saturated carbocycles. The van der Waals surface area contributed by atoms with E-state index in [1.54, 1.807) is 12.1 Å². The molecule has 0 radical (unpaired) electrons. The molecule has 2 heterocycles. The summed E-state index contributed by atoms with van der Waals surface area (Å²) in [7, 11) is 0. The molecule has 1 aromatic rings. The Morgan fingerprint density at radius 3 is 2.52 bits per heavy atom. The molecule has 0 aromatic heterocycles. The van der Waals surface area contributed by atoms with E-state index in [1.165, 1.54) is 19.3 Å². The molecule has 0 bridgehead atoms. The van der Waals surface area contributed by atoms with Crippen molar-refractivity contribution < 1.29 is 13.9 Å². The van der Waals surface area contributed by atoms with Crippen LogP contribution in [0.1, 0.15) is 44.9 Å². The van der Waals surface area contributed by atoms with Gasteiger partial charge in [0.05, 0.1) is 5.69 Å². The number of halogens is 1. The first-order valence-corrected chi connectivity index (χ1v) is 11.3. The van der Waals surface area contributed by atoms with Gasteiger partial charge in [0.2, 0.25) is 5.91 Å². The first kappa shape index (κ1) is 20.6. The van der Waals surface area contributed by atoms with Gasteiger partial charge in [-0.1, -0.05) is 12.1 Å². The second-order valence-corrected chi connectivity index (χ2v) is 8.80. The van der Waals surface area contributed by atoms with Crippen LogP contribution in [0, 0.1) is 11.7 Å². The summed E-state index contributed by atoms with van der Waals surface area (Å²) < 4.78 is 19.5. The third-order valence-electron chi connectivity index (χ3n) is 6.83. The molecule has 3 aliphatic rings. The fourth-order valence-electron chi connectivity index (χ4n) is 4.96. The van der Waals surface area contributed by atoms with Gasteiger partial charge in [-0.05, 0) is 69.5 Å². The molecule has 3 fully saturated rings. The van der Waals surface area contributed by atoms with Crippen molar-refractivity contribution in [1.29, 1.82) is 0 Å². The molecule has 1 aromatic carbocycles. The van der Waals surface area contributed by atoms with Crippen molar-refractivity contribution in [2.45, 2.75) is 57.1 Å². The molecule has 1 atom stereocenters. The third-order valence-corrected chi connectivity index (χ3v) is 6.83. The van der Waals surface area contributed by atoms with E-state index in [1.807, 2.05) is 12.1 Å². The van der Waals surface area contributed by atoms with Gasteiger partial charge in [-0.2, -0.15) is 0 Å². The van der Waals surface area contributed by atoms with E-state index in [-0.39, 0.29) is 17.8 Å². The summed E-state index contributed by atoms with van der Waals surface area (Å²) >= 11 is 0. The molecule has 160 valence electrons. The smallest absolute Gasteiger partial charge is 0.249 e. The maximum Gasteiger partial charge on any atom is 0.249 e. The average Bonchev–Trinajstić information content (AvgIpc) is 3.29. The molecule has 4 rings (SSSR count). The van der Waals surface area contributed by atoms with Crippen molar-refractivity contribution in [1.82, 2.24) is 10.2 Å². The Balaban J connectivity index is 1.12.